The number of aromatic nitrogens is 1. The highest BCUT2D eigenvalue weighted by Crippen LogP contribution is 2.50. The lowest BCUT2D eigenvalue weighted by Crippen LogP contribution is -1.97. The van der Waals surface area contributed by atoms with Crippen LogP contribution in [-0.4, -0.2) is 4.57 Å². The minimum absolute atomic E-state index is 0.388. The van der Waals surface area contributed by atoms with Crippen LogP contribution in [0.1, 0.15) is 11.1 Å². The van der Waals surface area contributed by atoms with Crippen LogP contribution in [0.4, 0.5) is 0 Å². The second-order valence-corrected chi connectivity index (χ2v) is 8.40. The lowest BCUT2D eigenvalue weighted by Gasteiger charge is -2.12. The molecule has 1 heterocycles. The Hall–Kier alpha value is -4.86. The number of benzene rings is 5. The minimum atomic E-state index is 0.388. The number of hydrogen-bond donors (Lipinski definition) is 0. The standard InChI is InChI=1S/C30H15N3/c31-16-18-12-13-20(14-19(18)17-32)33-28-11-4-3-8-23(28)27-15-26-22-7-2-1-6-21(22)24-9-5-10-25(29(24)26)30(27)33/h1-15H. The summed E-state index contributed by atoms with van der Waals surface area (Å²) < 4.78 is 2.23. The fraction of sp³-hybridized carbons (Fsp3) is 0. The molecule has 33 heavy (non-hydrogen) atoms. The Balaban J connectivity index is 1.71. The van der Waals surface area contributed by atoms with Crippen molar-refractivity contribution in [2.24, 2.45) is 0 Å². The van der Waals surface area contributed by atoms with Crippen molar-refractivity contribution in [3.63, 3.8) is 0 Å². The first-order valence-electron chi connectivity index (χ1n) is 10.8. The fourth-order valence-electron chi connectivity index (χ4n) is 5.45. The van der Waals surface area contributed by atoms with E-state index in [1.54, 1.807) is 6.07 Å². The van der Waals surface area contributed by atoms with E-state index in [9.17, 15) is 10.5 Å². The molecule has 1 aliphatic rings. The summed E-state index contributed by atoms with van der Waals surface area (Å²) >= 11 is 0. The van der Waals surface area contributed by atoms with Gasteiger partial charge < -0.3 is 4.57 Å². The smallest absolute Gasteiger partial charge is 0.101 e. The van der Waals surface area contributed by atoms with Crippen molar-refractivity contribution in [3.05, 3.63) is 102 Å². The Kier molecular flexibility index (Phi) is 3.41. The predicted octanol–water partition coefficient (Wildman–Crippen LogP) is 7.33. The molecule has 6 aromatic rings. The molecule has 1 aliphatic carbocycles. The van der Waals surface area contributed by atoms with Gasteiger partial charge in [-0.3, -0.25) is 0 Å². The zero-order chi connectivity index (χ0) is 22.1. The molecule has 3 heteroatoms. The van der Waals surface area contributed by atoms with Gasteiger partial charge in [-0.2, -0.15) is 10.5 Å². The lowest BCUT2D eigenvalue weighted by molar-refractivity contribution is 1.18. The van der Waals surface area contributed by atoms with E-state index in [1.165, 1.54) is 43.8 Å². The molecule has 7 rings (SSSR count). The van der Waals surface area contributed by atoms with Gasteiger partial charge in [-0.05, 0) is 58.0 Å². The van der Waals surface area contributed by atoms with E-state index in [4.69, 9.17) is 0 Å². The van der Waals surface area contributed by atoms with Gasteiger partial charge in [-0.25, -0.2) is 0 Å². The van der Waals surface area contributed by atoms with Crippen molar-refractivity contribution < 1.29 is 0 Å². The van der Waals surface area contributed by atoms with Gasteiger partial charge in [0.15, 0.2) is 0 Å². The Morgan fingerprint density at radius 1 is 0.545 bits per heavy atom. The number of para-hydroxylation sites is 1. The zero-order valence-corrected chi connectivity index (χ0v) is 17.5. The monoisotopic (exact) mass is 417 g/mol. The van der Waals surface area contributed by atoms with Crippen LogP contribution < -0.4 is 0 Å². The summed E-state index contributed by atoms with van der Waals surface area (Å²) in [5.74, 6) is 0. The maximum atomic E-state index is 9.64. The molecule has 0 N–H and O–H groups in total. The van der Waals surface area contributed by atoms with Crippen molar-refractivity contribution in [1.82, 2.24) is 4.57 Å². The van der Waals surface area contributed by atoms with Gasteiger partial charge in [0, 0.05) is 21.8 Å². The minimum Gasteiger partial charge on any atom is -0.309 e. The highest BCUT2D eigenvalue weighted by Gasteiger charge is 2.25. The van der Waals surface area contributed by atoms with E-state index in [1.807, 2.05) is 18.2 Å². The number of nitriles is 2. The van der Waals surface area contributed by atoms with Crippen LogP contribution in [0.3, 0.4) is 0 Å². The second kappa shape index (κ2) is 6.33. The molecule has 0 aliphatic heterocycles. The van der Waals surface area contributed by atoms with E-state index in [0.717, 1.165) is 16.7 Å². The first-order valence-corrected chi connectivity index (χ1v) is 10.8. The van der Waals surface area contributed by atoms with Crippen molar-refractivity contribution >= 4 is 32.6 Å². The summed E-state index contributed by atoms with van der Waals surface area (Å²) in [6, 6.07) is 35.6. The van der Waals surface area contributed by atoms with E-state index < -0.39 is 0 Å². The molecule has 0 amide bonds. The van der Waals surface area contributed by atoms with Gasteiger partial charge in [0.05, 0.1) is 22.2 Å². The van der Waals surface area contributed by atoms with Crippen LogP contribution in [0.5, 0.6) is 0 Å². The summed E-state index contributed by atoms with van der Waals surface area (Å²) in [4.78, 5) is 0. The average Bonchev–Trinajstić information content (AvgIpc) is 3.38. The topological polar surface area (TPSA) is 52.5 Å². The van der Waals surface area contributed by atoms with Crippen LogP contribution in [0.15, 0.2) is 91.0 Å². The fourth-order valence-corrected chi connectivity index (χ4v) is 5.45. The molecule has 0 radical (unpaired) electrons. The molecule has 0 fully saturated rings. The highest BCUT2D eigenvalue weighted by atomic mass is 15.0. The maximum absolute atomic E-state index is 9.64. The first-order chi connectivity index (χ1) is 16.3. The molecular weight excluding hydrogens is 402 g/mol. The summed E-state index contributed by atoms with van der Waals surface area (Å²) in [5, 5.41) is 23.9. The molecule has 5 aromatic carbocycles. The van der Waals surface area contributed by atoms with E-state index in [-0.39, 0.29) is 0 Å². The van der Waals surface area contributed by atoms with Crippen LogP contribution in [0, 0.1) is 22.7 Å². The first kappa shape index (κ1) is 17.8. The third-order valence-corrected chi connectivity index (χ3v) is 6.80. The van der Waals surface area contributed by atoms with Gasteiger partial charge in [-0.1, -0.05) is 60.7 Å². The molecule has 1 aromatic heterocycles. The van der Waals surface area contributed by atoms with Crippen LogP contribution in [0.2, 0.25) is 0 Å². The molecule has 150 valence electrons. The molecule has 0 saturated heterocycles. The van der Waals surface area contributed by atoms with Gasteiger partial charge in [0.2, 0.25) is 0 Å². The van der Waals surface area contributed by atoms with Crippen molar-refractivity contribution in [1.29, 1.82) is 10.5 Å². The van der Waals surface area contributed by atoms with Gasteiger partial charge in [0.25, 0.3) is 0 Å². The summed E-state index contributed by atoms with van der Waals surface area (Å²) in [6.07, 6.45) is 0. The average molecular weight is 417 g/mol. The number of nitrogens with zero attached hydrogens (tertiary/aromatic N) is 3. The number of hydrogen-bond acceptors (Lipinski definition) is 2. The third kappa shape index (κ3) is 2.21. The van der Waals surface area contributed by atoms with Gasteiger partial charge in [-0.15, -0.1) is 0 Å². The molecule has 0 spiro atoms. The third-order valence-electron chi connectivity index (χ3n) is 6.80. The van der Waals surface area contributed by atoms with Gasteiger partial charge >= 0.3 is 0 Å². The van der Waals surface area contributed by atoms with Crippen molar-refractivity contribution in [3.8, 4) is 40.1 Å². The summed E-state index contributed by atoms with van der Waals surface area (Å²) in [6.45, 7) is 0. The molecule has 3 nitrogen and oxygen atoms in total. The molecule has 0 bridgehead atoms. The van der Waals surface area contributed by atoms with Gasteiger partial charge in [0.1, 0.15) is 12.1 Å². The van der Waals surface area contributed by atoms with Crippen molar-refractivity contribution in [2.45, 2.75) is 0 Å². The normalized spacial score (nSPS) is 11.6. The Labute approximate surface area is 190 Å². The molecular formula is C30H15N3. The van der Waals surface area contributed by atoms with E-state index in [0.29, 0.717) is 11.1 Å². The Morgan fingerprint density at radius 3 is 2.06 bits per heavy atom. The largest absolute Gasteiger partial charge is 0.309 e. The molecule has 0 atom stereocenters. The van der Waals surface area contributed by atoms with Crippen molar-refractivity contribution in [2.75, 3.05) is 0 Å². The lowest BCUT2D eigenvalue weighted by atomic mass is 9.99. The number of fused-ring (bicyclic) bond motifs is 7. The summed E-state index contributed by atoms with van der Waals surface area (Å²) in [7, 11) is 0. The maximum Gasteiger partial charge on any atom is 0.101 e. The summed E-state index contributed by atoms with van der Waals surface area (Å²) in [5.41, 5.74) is 8.94. The predicted molar refractivity (Wildman–Crippen MR) is 132 cm³/mol. The molecule has 0 unspecified atom stereocenters. The molecule has 0 saturated carbocycles. The van der Waals surface area contributed by atoms with Crippen LogP contribution >= 0.6 is 0 Å². The number of rotatable bonds is 1. The zero-order valence-electron chi connectivity index (χ0n) is 17.5. The van der Waals surface area contributed by atoms with Crippen LogP contribution in [0.25, 0.3) is 60.5 Å². The quantitative estimate of drug-likeness (QED) is 0.281. The highest BCUT2D eigenvalue weighted by molar-refractivity contribution is 6.27. The Bertz CT molecular complexity index is 1890. The van der Waals surface area contributed by atoms with E-state index >= 15 is 0 Å². The van der Waals surface area contributed by atoms with E-state index in [2.05, 4.69) is 83.4 Å². The Morgan fingerprint density at radius 2 is 1.24 bits per heavy atom. The second-order valence-electron chi connectivity index (χ2n) is 8.40. The van der Waals surface area contributed by atoms with Crippen LogP contribution in [-0.2, 0) is 0 Å². The SMILES string of the molecule is N#Cc1ccc(-n2c3ccccc3c3cc4c5c(cccc5c32)-c2ccccc2-4)cc1C#N.